The summed E-state index contributed by atoms with van der Waals surface area (Å²) in [6, 6.07) is 13.2. The number of aryl methyl sites for hydroxylation is 2. The lowest BCUT2D eigenvalue weighted by Crippen LogP contribution is -2.36. The van der Waals surface area contributed by atoms with Crippen LogP contribution >= 0.6 is 0 Å². The van der Waals surface area contributed by atoms with E-state index in [2.05, 4.69) is 20.6 Å². The third kappa shape index (κ3) is 3.91. The Labute approximate surface area is 167 Å². The van der Waals surface area contributed by atoms with E-state index in [1.165, 1.54) is 5.01 Å². The maximum absolute atomic E-state index is 12.8. The van der Waals surface area contributed by atoms with Gasteiger partial charge in [0, 0.05) is 18.5 Å². The third-order valence-electron chi connectivity index (χ3n) is 4.71. The minimum Gasteiger partial charge on any atom is -0.321 e. The molecule has 1 aromatic heterocycles. The summed E-state index contributed by atoms with van der Waals surface area (Å²) in [7, 11) is 0. The van der Waals surface area contributed by atoms with Gasteiger partial charge >= 0.3 is 0 Å². The second kappa shape index (κ2) is 7.67. The number of benzene rings is 2. The molecule has 3 aromatic rings. The first-order valence-electron chi connectivity index (χ1n) is 9.25. The fourth-order valence-corrected chi connectivity index (χ4v) is 3.13. The predicted molar refractivity (Wildman–Crippen MR) is 110 cm³/mol. The van der Waals surface area contributed by atoms with Crippen molar-refractivity contribution >= 4 is 28.9 Å². The average molecular weight is 388 g/mol. The second-order valence-corrected chi connectivity index (χ2v) is 6.92. The van der Waals surface area contributed by atoms with Gasteiger partial charge in [0.15, 0.2) is 0 Å². The minimum absolute atomic E-state index is 0.121. The Morgan fingerprint density at radius 2 is 1.83 bits per heavy atom. The predicted octanol–water partition coefficient (Wildman–Crippen LogP) is 3.01. The van der Waals surface area contributed by atoms with E-state index in [4.69, 9.17) is 0 Å². The van der Waals surface area contributed by atoms with Gasteiger partial charge in [0.2, 0.25) is 5.91 Å². The van der Waals surface area contributed by atoms with E-state index in [0.29, 0.717) is 23.5 Å². The van der Waals surface area contributed by atoms with Crippen LogP contribution in [0.3, 0.4) is 0 Å². The first-order valence-corrected chi connectivity index (χ1v) is 9.25. The molecular weight excluding hydrogens is 368 g/mol. The molecule has 29 heavy (non-hydrogen) atoms. The summed E-state index contributed by atoms with van der Waals surface area (Å²) >= 11 is 0. The van der Waals surface area contributed by atoms with Gasteiger partial charge in [0.1, 0.15) is 18.4 Å². The molecule has 1 aliphatic heterocycles. The molecule has 0 saturated heterocycles. The van der Waals surface area contributed by atoms with Crippen molar-refractivity contribution in [2.75, 3.05) is 10.3 Å². The summed E-state index contributed by atoms with van der Waals surface area (Å²) in [6.45, 7) is 3.87. The lowest BCUT2D eigenvalue weighted by Gasteiger charge is -2.24. The number of amides is 2. The van der Waals surface area contributed by atoms with Crippen LogP contribution in [0, 0.1) is 13.8 Å². The number of nitrogens with one attached hydrogen (secondary N) is 1. The molecular formula is C21H20N6O2. The molecule has 146 valence electrons. The highest BCUT2D eigenvalue weighted by Gasteiger charge is 2.26. The topological polar surface area (TPSA) is 92.5 Å². The Balaban J connectivity index is 1.58. The van der Waals surface area contributed by atoms with Gasteiger partial charge in [-0.3, -0.25) is 14.2 Å². The lowest BCUT2D eigenvalue weighted by atomic mass is 10.1. The number of rotatable bonds is 4. The zero-order valence-corrected chi connectivity index (χ0v) is 16.2. The van der Waals surface area contributed by atoms with Gasteiger partial charge in [-0.25, -0.2) is 5.01 Å². The largest absolute Gasteiger partial charge is 0.321 e. The fourth-order valence-electron chi connectivity index (χ4n) is 3.13. The summed E-state index contributed by atoms with van der Waals surface area (Å²) in [4.78, 5) is 25.2. The van der Waals surface area contributed by atoms with Crippen LogP contribution in [0.1, 0.15) is 24.0 Å². The Bertz CT molecular complexity index is 1100. The van der Waals surface area contributed by atoms with Gasteiger partial charge in [0.05, 0.1) is 11.4 Å². The molecule has 0 atom stereocenters. The Kier molecular flexibility index (Phi) is 4.90. The van der Waals surface area contributed by atoms with Gasteiger partial charge in [0.25, 0.3) is 5.91 Å². The standard InChI is InChI=1S/C21H20N6O2/c1-14-6-7-15(2)19(10-14)27-20(28)9-8-18(25-27)21(29)24-16-4-3-5-17(11-16)26-12-22-23-13-26/h3-7,10-13H,8-9H2,1-2H3,(H,24,29). The SMILES string of the molecule is Cc1ccc(C)c(N2N=C(C(=O)Nc3cccc(-n4cnnc4)c3)CCC2=O)c1. The maximum atomic E-state index is 12.8. The van der Waals surface area contributed by atoms with E-state index >= 15 is 0 Å². The third-order valence-corrected chi connectivity index (χ3v) is 4.71. The van der Waals surface area contributed by atoms with Crippen molar-refractivity contribution in [2.24, 2.45) is 5.10 Å². The summed E-state index contributed by atoms with van der Waals surface area (Å²) in [5.41, 5.74) is 4.42. The maximum Gasteiger partial charge on any atom is 0.271 e. The molecule has 8 nitrogen and oxygen atoms in total. The van der Waals surface area contributed by atoms with Crippen LogP contribution in [0.4, 0.5) is 11.4 Å². The molecule has 1 N–H and O–H groups in total. The van der Waals surface area contributed by atoms with Crippen LogP contribution in [0.2, 0.25) is 0 Å². The zero-order chi connectivity index (χ0) is 20.4. The molecule has 8 heteroatoms. The molecule has 0 saturated carbocycles. The van der Waals surface area contributed by atoms with Crippen LogP contribution < -0.4 is 10.3 Å². The number of anilines is 2. The second-order valence-electron chi connectivity index (χ2n) is 6.92. The lowest BCUT2D eigenvalue weighted by molar-refractivity contribution is -0.118. The molecule has 1 aliphatic rings. The van der Waals surface area contributed by atoms with Gasteiger partial charge in [-0.1, -0.05) is 18.2 Å². The molecule has 2 heterocycles. The minimum atomic E-state index is -0.325. The molecule has 0 unspecified atom stereocenters. The van der Waals surface area contributed by atoms with Gasteiger partial charge in [-0.15, -0.1) is 10.2 Å². The normalized spacial score (nSPS) is 13.9. The zero-order valence-electron chi connectivity index (χ0n) is 16.2. The van der Waals surface area contributed by atoms with Gasteiger partial charge in [-0.2, -0.15) is 5.10 Å². The van der Waals surface area contributed by atoms with E-state index in [-0.39, 0.29) is 18.2 Å². The fraction of sp³-hybridized carbons (Fsp3) is 0.190. The highest BCUT2D eigenvalue weighted by atomic mass is 16.2. The number of aromatic nitrogens is 3. The summed E-state index contributed by atoms with van der Waals surface area (Å²) in [6.07, 6.45) is 3.71. The van der Waals surface area contributed by atoms with Crippen molar-refractivity contribution in [3.63, 3.8) is 0 Å². The van der Waals surface area contributed by atoms with E-state index in [1.807, 2.05) is 50.2 Å². The van der Waals surface area contributed by atoms with Gasteiger partial charge in [-0.05, 0) is 49.2 Å². The molecule has 0 spiro atoms. The number of carbonyl (C=O) groups is 2. The monoisotopic (exact) mass is 388 g/mol. The van der Waals surface area contributed by atoms with Gasteiger partial charge < -0.3 is 5.32 Å². The molecule has 0 fully saturated rings. The quantitative estimate of drug-likeness (QED) is 0.744. The van der Waals surface area contributed by atoms with Crippen LogP contribution in [0.25, 0.3) is 5.69 Å². The molecule has 0 bridgehead atoms. The number of hydrogen-bond acceptors (Lipinski definition) is 5. The van der Waals surface area contributed by atoms with E-state index in [9.17, 15) is 9.59 Å². The van der Waals surface area contributed by atoms with Crippen LogP contribution in [-0.2, 0) is 9.59 Å². The van der Waals surface area contributed by atoms with Crippen molar-refractivity contribution < 1.29 is 9.59 Å². The first-order chi connectivity index (χ1) is 14.0. The summed E-state index contributed by atoms with van der Waals surface area (Å²) in [5.74, 6) is -0.446. The van der Waals surface area contributed by atoms with E-state index < -0.39 is 0 Å². The number of nitrogens with zero attached hydrogens (tertiary/aromatic N) is 5. The van der Waals surface area contributed by atoms with Crippen molar-refractivity contribution in [1.82, 2.24) is 14.8 Å². The molecule has 0 aliphatic carbocycles. The smallest absolute Gasteiger partial charge is 0.271 e. The highest BCUT2D eigenvalue weighted by Crippen LogP contribution is 2.25. The number of hydrazone groups is 1. The van der Waals surface area contributed by atoms with Crippen molar-refractivity contribution in [3.05, 3.63) is 66.2 Å². The Morgan fingerprint density at radius 3 is 2.62 bits per heavy atom. The molecule has 2 aromatic carbocycles. The van der Waals surface area contributed by atoms with E-state index in [1.54, 1.807) is 23.3 Å². The van der Waals surface area contributed by atoms with E-state index in [0.717, 1.165) is 16.8 Å². The summed E-state index contributed by atoms with van der Waals surface area (Å²) < 4.78 is 1.74. The number of carbonyl (C=O) groups excluding carboxylic acids is 2. The Hall–Kier alpha value is -3.81. The average Bonchev–Trinajstić information content (AvgIpc) is 3.25. The molecule has 4 rings (SSSR count). The molecule has 2 amide bonds. The number of hydrogen-bond donors (Lipinski definition) is 1. The van der Waals surface area contributed by atoms with Crippen LogP contribution in [-0.4, -0.2) is 32.3 Å². The summed E-state index contributed by atoms with van der Waals surface area (Å²) in [5, 5.41) is 16.2. The first kappa shape index (κ1) is 18.5. The van der Waals surface area contributed by atoms with Crippen molar-refractivity contribution in [3.8, 4) is 5.69 Å². The highest BCUT2D eigenvalue weighted by molar-refractivity contribution is 6.44. The Morgan fingerprint density at radius 1 is 1.03 bits per heavy atom. The van der Waals surface area contributed by atoms with Crippen LogP contribution in [0.15, 0.2) is 60.2 Å². The molecule has 0 radical (unpaired) electrons. The van der Waals surface area contributed by atoms with Crippen LogP contribution in [0.5, 0.6) is 0 Å². The van der Waals surface area contributed by atoms with Crippen molar-refractivity contribution in [1.29, 1.82) is 0 Å². The van der Waals surface area contributed by atoms with Crippen molar-refractivity contribution in [2.45, 2.75) is 26.7 Å².